The van der Waals surface area contributed by atoms with Crippen LogP contribution in [0.5, 0.6) is 11.5 Å². The Kier molecular flexibility index (Phi) is 3.08. The normalized spacial score (nSPS) is 19.5. The van der Waals surface area contributed by atoms with Gasteiger partial charge in [-0.3, -0.25) is 0 Å². The third-order valence-electron chi connectivity index (χ3n) is 3.32. The van der Waals surface area contributed by atoms with Gasteiger partial charge in [0.05, 0.1) is 5.92 Å². The maximum Gasteiger partial charge on any atom is 0.231 e. The first-order valence-electron chi connectivity index (χ1n) is 6.31. The molecule has 0 spiro atoms. The molecule has 1 aromatic heterocycles. The molecule has 0 bridgehead atoms. The van der Waals surface area contributed by atoms with E-state index in [0.717, 1.165) is 25.9 Å². The number of benzene rings is 1. The zero-order valence-electron chi connectivity index (χ0n) is 10.3. The Labute approximate surface area is 110 Å². The lowest BCUT2D eigenvalue weighted by Gasteiger charge is -2.18. The highest BCUT2D eigenvalue weighted by Crippen LogP contribution is 2.30. The molecule has 1 aliphatic rings. The zero-order chi connectivity index (χ0) is 13.2. The molecule has 19 heavy (non-hydrogen) atoms. The second-order valence-electron chi connectivity index (χ2n) is 4.70. The lowest BCUT2D eigenvalue weighted by molar-refractivity contribution is 0.322. The molecule has 6 nitrogen and oxygen atoms in total. The minimum Gasteiger partial charge on any atom is -0.504 e. The Morgan fingerprint density at radius 3 is 2.89 bits per heavy atom. The van der Waals surface area contributed by atoms with Crippen LogP contribution in [-0.4, -0.2) is 33.4 Å². The summed E-state index contributed by atoms with van der Waals surface area (Å²) in [5, 5.41) is 26.0. The number of phenols is 2. The van der Waals surface area contributed by atoms with E-state index in [1.807, 2.05) is 0 Å². The van der Waals surface area contributed by atoms with Crippen molar-refractivity contribution < 1.29 is 14.7 Å². The number of nitrogens with one attached hydrogen (secondary N) is 1. The third kappa shape index (κ3) is 2.39. The fourth-order valence-corrected chi connectivity index (χ4v) is 2.24. The molecular formula is C13H15N3O3. The highest BCUT2D eigenvalue weighted by molar-refractivity contribution is 5.59. The van der Waals surface area contributed by atoms with Crippen molar-refractivity contribution in [3.05, 3.63) is 24.1 Å². The molecule has 2 heterocycles. The van der Waals surface area contributed by atoms with Gasteiger partial charge >= 0.3 is 0 Å². The Balaban J connectivity index is 1.85. The van der Waals surface area contributed by atoms with Crippen LogP contribution in [-0.2, 0) is 0 Å². The van der Waals surface area contributed by atoms with E-state index in [1.165, 1.54) is 12.1 Å². The van der Waals surface area contributed by atoms with Crippen molar-refractivity contribution in [1.29, 1.82) is 0 Å². The molecule has 3 N–H and O–H groups in total. The standard InChI is InChI=1S/C13H15N3O3/c17-10-4-3-8(6-11(10)18)12-15-13(19-16-12)9-2-1-5-14-7-9/h3-4,6,9,14,17-18H,1-2,5,7H2. The largest absolute Gasteiger partial charge is 0.504 e. The summed E-state index contributed by atoms with van der Waals surface area (Å²) in [6, 6.07) is 4.47. The molecule has 0 radical (unpaired) electrons. The van der Waals surface area contributed by atoms with Gasteiger partial charge in [0.15, 0.2) is 11.5 Å². The van der Waals surface area contributed by atoms with E-state index in [2.05, 4.69) is 15.5 Å². The summed E-state index contributed by atoms with van der Waals surface area (Å²) in [6.45, 7) is 1.88. The minimum absolute atomic E-state index is 0.163. The quantitative estimate of drug-likeness (QED) is 0.711. The van der Waals surface area contributed by atoms with Gasteiger partial charge in [0.2, 0.25) is 11.7 Å². The second-order valence-corrected chi connectivity index (χ2v) is 4.70. The molecular weight excluding hydrogens is 246 g/mol. The number of phenolic OH excluding ortho intramolecular Hbond substituents is 2. The van der Waals surface area contributed by atoms with E-state index < -0.39 is 0 Å². The molecule has 1 fully saturated rings. The van der Waals surface area contributed by atoms with Crippen LogP contribution < -0.4 is 5.32 Å². The highest BCUT2D eigenvalue weighted by Gasteiger charge is 2.21. The molecule has 1 aliphatic heterocycles. The van der Waals surface area contributed by atoms with Crippen molar-refractivity contribution in [3.63, 3.8) is 0 Å². The first kappa shape index (κ1) is 12.0. The highest BCUT2D eigenvalue weighted by atomic mass is 16.5. The summed E-state index contributed by atoms with van der Waals surface area (Å²) >= 11 is 0. The van der Waals surface area contributed by atoms with Gasteiger partial charge in [0, 0.05) is 12.1 Å². The summed E-state index contributed by atoms with van der Waals surface area (Å²) < 4.78 is 5.28. The van der Waals surface area contributed by atoms with Crippen LogP contribution in [0.1, 0.15) is 24.7 Å². The van der Waals surface area contributed by atoms with E-state index in [-0.39, 0.29) is 17.4 Å². The molecule has 0 aliphatic carbocycles. The van der Waals surface area contributed by atoms with Crippen LogP contribution in [0.2, 0.25) is 0 Å². The van der Waals surface area contributed by atoms with Crippen molar-refractivity contribution in [2.24, 2.45) is 0 Å². The summed E-state index contributed by atoms with van der Waals surface area (Å²) in [5.74, 6) is 0.943. The van der Waals surface area contributed by atoms with E-state index in [0.29, 0.717) is 17.3 Å². The number of hydrogen-bond donors (Lipinski definition) is 3. The molecule has 0 amide bonds. The number of aromatic hydroxyl groups is 2. The molecule has 0 saturated carbocycles. The predicted molar refractivity (Wildman–Crippen MR) is 67.9 cm³/mol. The van der Waals surface area contributed by atoms with Crippen LogP contribution in [0.25, 0.3) is 11.4 Å². The number of nitrogens with zero attached hydrogens (tertiary/aromatic N) is 2. The van der Waals surface area contributed by atoms with E-state index >= 15 is 0 Å². The number of aromatic nitrogens is 2. The lowest BCUT2D eigenvalue weighted by atomic mass is 10.00. The monoisotopic (exact) mass is 261 g/mol. The van der Waals surface area contributed by atoms with Crippen molar-refractivity contribution in [3.8, 4) is 22.9 Å². The maximum atomic E-state index is 9.47. The van der Waals surface area contributed by atoms with Gasteiger partial charge < -0.3 is 20.1 Å². The van der Waals surface area contributed by atoms with Crippen LogP contribution in [0.4, 0.5) is 0 Å². The van der Waals surface area contributed by atoms with Crippen molar-refractivity contribution >= 4 is 0 Å². The third-order valence-corrected chi connectivity index (χ3v) is 3.32. The van der Waals surface area contributed by atoms with Crippen molar-refractivity contribution in [1.82, 2.24) is 15.5 Å². The van der Waals surface area contributed by atoms with Gasteiger partial charge in [-0.25, -0.2) is 0 Å². The topological polar surface area (TPSA) is 91.4 Å². The van der Waals surface area contributed by atoms with Crippen LogP contribution in [0.15, 0.2) is 22.7 Å². The van der Waals surface area contributed by atoms with Gasteiger partial charge in [0.1, 0.15) is 0 Å². The lowest BCUT2D eigenvalue weighted by Crippen LogP contribution is -2.28. The number of piperidine rings is 1. The summed E-state index contributed by atoms with van der Waals surface area (Å²) in [7, 11) is 0. The summed E-state index contributed by atoms with van der Waals surface area (Å²) in [4.78, 5) is 4.36. The predicted octanol–water partition coefficient (Wildman–Crippen LogP) is 1.61. The second kappa shape index (κ2) is 4.89. The van der Waals surface area contributed by atoms with Gasteiger partial charge in [-0.05, 0) is 37.6 Å². The summed E-state index contributed by atoms with van der Waals surface area (Å²) in [6.07, 6.45) is 2.14. The Hall–Kier alpha value is -2.08. The van der Waals surface area contributed by atoms with E-state index in [4.69, 9.17) is 4.52 Å². The van der Waals surface area contributed by atoms with Gasteiger partial charge in [-0.2, -0.15) is 4.98 Å². The van der Waals surface area contributed by atoms with Crippen LogP contribution >= 0.6 is 0 Å². The van der Waals surface area contributed by atoms with Gasteiger partial charge in [-0.1, -0.05) is 5.16 Å². The Morgan fingerprint density at radius 1 is 1.26 bits per heavy atom. The average molecular weight is 261 g/mol. The van der Waals surface area contributed by atoms with E-state index in [1.54, 1.807) is 6.07 Å². The molecule has 1 saturated heterocycles. The molecule has 6 heteroatoms. The van der Waals surface area contributed by atoms with Crippen LogP contribution in [0.3, 0.4) is 0 Å². The molecule has 100 valence electrons. The number of hydrogen-bond acceptors (Lipinski definition) is 6. The average Bonchev–Trinajstić information content (AvgIpc) is 2.93. The minimum atomic E-state index is -0.191. The fraction of sp³-hybridized carbons (Fsp3) is 0.385. The van der Waals surface area contributed by atoms with Crippen LogP contribution in [0, 0.1) is 0 Å². The first-order valence-corrected chi connectivity index (χ1v) is 6.31. The van der Waals surface area contributed by atoms with Crippen molar-refractivity contribution in [2.75, 3.05) is 13.1 Å². The SMILES string of the molecule is Oc1ccc(-c2noc(C3CCCNC3)n2)cc1O. The summed E-state index contributed by atoms with van der Waals surface area (Å²) in [5.41, 5.74) is 0.620. The Morgan fingerprint density at radius 2 is 2.16 bits per heavy atom. The maximum absolute atomic E-state index is 9.47. The van der Waals surface area contributed by atoms with Gasteiger partial charge in [0.25, 0.3) is 0 Å². The molecule has 1 aromatic carbocycles. The fourth-order valence-electron chi connectivity index (χ4n) is 2.24. The van der Waals surface area contributed by atoms with Gasteiger partial charge in [-0.15, -0.1) is 0 Å². The van der Waals surface area contributed by atoms with E-state index in [9.17, 15) is 10.2 Å². The number of rotatable bonds is 2. The first-order chi connectivity index (χ1) is 9.24. The molecule has 3 rings (SSSR count). The molecule has 1 atom stereocenters. The molecule has 1 unspecified atom stereocenters. The zero-order valence-corrected chi connectivity index (χ0v) is 10.3. The Bertz CT molecular complexity index is 576. The van der Waals surface area contributed by atoms with Crippen molar-refractivity contribution in [2.45, 2.75) is 18.8 Å². The smallest absolute Gasteiger partial charge is 0.231 e. The molecule has 2 aromatic rings.